The molecule has 0 radical (unpaired) electrons. The summed E-state index contributed by atoms with van der Waals surface area (Å²) in [5, 5.41) is 29.6. The van der Waals surface area contributed by atoms with E-state index in [9.17, 15) is 20.0 Å². The van der Waals surface area contributed by atoms with Crippen LogP contribution < -0.4 is 4.74 Å². The summed E-state index contributed by atoms with van der Waals surface area (Å²) in [6, 6.07) is 6.02. The van der Waals surface area contributed by atoms with E-state index in [2.05, 4.69) is 19.1 Å². The van der Waals surface area contributed by atoms with Crippen LogP contribution in [0.15, 0.2) is 36.4 Å². The number of carboxylic acid groups (broad SMARTS) is 1. The van der Waals surface area contributed by atoms with Crippen molar-refractivity contribution < 1.29 is 24.7 Å². The summed E-state index contributed by atoms with van der Waals surface area (Å²) >= 11 is 0. The number of hydrogen-bond donors (Lipinski definition) is 2. The Labute approximate surface area is 210 Å². The van der Waals surface area contributed by atoms with Crippen molar-refractivity contribution in [2.24, 2.45) is 5.92 Å². The van der Waals surface area contributed by atoms with Crippen molar-refractivity contribution in [1.82, 2.24) is 0 Å². The first-order valence-corrected chi connectivity index (χ1v) is 13.4. The number of ether oxygens (including phenoxy) is 1. The van der Waals surface area contributed by atoms with Crippen molar-refractivity contribution >= 4 is 11.7 Å². The topological polar surface area (TPSA) is 110 Å². The van der Waals surface area contributed by atoms with Gasteiger partial charge in [0, 0.05) is 12.1 Å². The molecule has 1 aromatic rings. The minimum atomic E-state index is -1.31. The van der Waals surface area contributed by atoms with E-state index in [1.165, 1.54) is 50.7 Å². The van der Waals surface area contributed by atoms with Crippen LogP contribution in [0.5, 0.6) is 5.75 Å². The predicted octanol–water partition coefficient (Wildman–Crippen LogP) is 7.46. The molecule has 7 nitrogen and oxygen atoms in total. The summed E-state index contributed by atoms with van der Waals surface area (Å²) in [6.45, 7) is 2.73. The van der Waals surface area contributed by atoms with E-state index in [1.807, 2.05) is 0 Å². The first-order chi connectivity index (χ1) is 16.9. The number of aliphatic hydroxyl groups excluding tert-OH is 1. The highest BCUT2D eigenvalue weighted by molar-refractivity contribution is 5.71. The van der Waals surface area contributed by atoms with Crippen LogP contribution in [0.4, 0.5) is 5.69 Å². The Morgan fingerprint density at radius 1 is 0.943 bits per heavy atom. The number of nitro groups is 1. The first kappa shape index (κ1) is 30.6. The van der Waals surface area contributed by atoms with Crippen molar-refractivity contribution in [3.8, 4) is 5.75 Å². The fraction of sp³-hybridized carbons (Fsp3) is 0.679. The van der Waals surface area contributed by atoms with Gasteiger partial charge in [0.15, 0.2) is 6.10 Å². The maximum absolute atomic E-state index is 11.1. The van der Waals surface area contributed by atoms with Gasteiger partial charge in [-0.3, -0.25) is 10.1 Å². The van der Waals surface area contributed by atoms with Crippen LogP contribution in [0.3, 0.4) is 0 Å². The first-order valence-electron chi connectivity index (χ1n) is 13.4. The lowest BCUT2D eigenvalue weighted by Crippen LogP contribution is -2.23. The second-order valence-corrected chi connectivity index (χ2v) is 9.36. The lowest BCUT2D eigenvalue weighted by molar-refractivity contribution is -0.384. The molecule has 0 aromatic heterocycles. The van der Waals surface area contributed by atoms with Crippen molar-refractivity contribution in [1.29, 1.82) is 0 Å². The maximum atomic E-state index is 11.1. The highest BCUT2D eigenvalue weighted by Gasteiger charge is 2.19. The average Bonchev–Trinajstić information content (AvgIpc) is 2.84. The summed E-state index contributed by atoms with van der Waals surface area (Å²) in [6.07, 6.45) is 19.2. The Bertz CT molecular complexity index is 719. The quantitative estimate of drug-likeness (QED) is 0.0753. The largest absolute Gasteiger partial charge is 0.494 e. The van der Waals surface area contributed by atoms with E-state index in [0.717, 1.165) is 51.4 Å². The molecule has 0 saturated heterocycles. The van der Waals surface area contributed by atoms with Crippen LogP contribution in [-0.4, -0.2) is 33.8 Å². The zero-order chi connectivity index (χ0) is 25.7. The normalized spacial score (nSPS) is 13.1. The Morgan fingerprint density at radius 3 is 2.11 bits per heavy atom. The van der Waals surface area contributed by atoms with E-state index >= 15 is 0 Å². The monoisotopic (exact) mass is 491 g/mol. The summed E-state index contributed by atoms with van der Waals surface area (Å²) < 4.78 is 5.65. The smallest absolute Gasteiger partial charge is 0.332 e. The summed E-state index contributed by atoms with van der Waals surface area (Å²) in [5.41, 5.74) is 0.0328. The molecule has 2 atom stereocenters. The number of hydrogen-bond acceptors (Lipinski definition) is 5. The second kappa shape index (κ2) is 19.8. The summed E-state index contributed by atoms with van der Waals surface area (Å²) in [7, 11) is 0. The SMILES string of the molecule is CCCCCCCC/C=C\CCCCC(CCCCOc1ccc([N+](=O)[O-])cc1)CC(O)C(=O)O. The molecule has 0 aliphatic carbocycles. The number of nitrogens with zero attached hydrogens (tertiary/aromatic N) is 1. The minimum Gasteiger partial charge on any atom is -0.494 e. The molecule has 198 valence electrons. The third-order valence-corrected chi connectivity index (χ3v) is 6.29. The van der Waals surface area contributed by atoms with E-state index in [4.69, 9.17) is 9.84 Å². The molecule has 0 heterocycles. The number of carbonyl (C=O) groups is 1. The van der Waals surface area contributed by atoms with Crippen LogP contribution >= 0.6 is 0 Å². The van der Waals surface area contributed by atoms with Crippen LogP contribution in [0.25, 0.3) is 0 Å². The van der Waals surface area contributed by atoms with Gasteiger partial charge in [-0.15, -0.1) is 0 Å². The fourth-order valence-electron chi connectivity index (χ4n) is 4.16. The van der Waals surface area contributed by atoms with Gasteiger partial charge in [0.25, 0.3) is 5.69 Å². The van der Waals surface area contributed by atoms with Gasteiger partial charge in [-0.05, 0) is 63.0 Å². The molecular weight excluding hydrogens is 446 g/mol. The van der Waals surface area contributed by atoms with Gasteiger partial charge in [-0.1, -0.05) is 70.4 Å². The number of non-ortho nitro benzene ring substituents is 1. The molecule has 0 saturated carbocycles. The Hall–Kier alpha value is -2.41. The molecule has 0 amide bonds. The standard InChI is InChI=1S/C28H45NO6/c1-2-3-4-5-6-7-8-9-10-11-12-13-16-24(23-27(30)28(31)32)17-14-15-22-35-26-20-18-25(19-21-26)29(33)34/h9-10,18-21,24,27,30H,2-8,11-17,22-23H2,1H3,(H,31,32)/b10-9-. The van der Waals surface area contributed by atoms with Crippen molar-refractivity contribution in [3.63, 3.8) is 0 Å². The third-order valence-electron chi connectivity index (χ3n) is 6.29. The van der Waals surface area contributed by atoms with Crippen LogP contribution in [-0.2, 0) is 4.79 Å². The van der Waals surface area contributed by atoms with Gasteiger partial charge in [0.05, 0.1) is 11.5 Å². The minimum absolute atomic E-state index is 0.0328. The van der Waals surface area contributed by atoms with Crippen molar-refractivity contribution in [3.05, 3.63) is 46.5 Å². The number of benzene rings is 1. The van der Waals surface area contributed by atoms with Crippen molar-refractivity contribution in [2.75, 3.05) is 6.61 Å². The van der Waals surface area contributed by atoms with Crippen LogP contribution in [0, 0.1) is 16.0 Å². The number of aliphatic hydroxyl groups is 1. The molecule has 0 fully saturated rings. The van der Waals surface area contributed by atoms with Crippen LogP contribution in [0.1, 0.15) is 103 Å². The van der Waals surface area contributed by atoms with Gasteiger partial charge in [0.1, 0.15) is 5.75 Å². The predicted molar refractivity (Wildman–Crippen MR) is 140 cm³/mol. The van der Waals surface area contributed by atoms with E-state index in [-0.39, 0.29) is 18.0 Å². The van der Waals surface area contributed by atoms with Crippen molar-refractivity contribution in [2.45, 2.75) is 109 Å². The van der Waals surface area contributed by atoms with Gasteiger partial charge in [-0.2, -0.15) is 0 Å². The molecule has 7 heteroatoms. The highest BCUT2D eigenvalue weighted by Crippen LogP contribution is 2.23. The van der Waals surface area contributed by atoms with Gasteiger partial charge < -0.3 is 14.9 Å². The molecule has 1 rings (SSSR count). The molecule has 1 aromatic carbocycles. The molecule has 0 spiro atoms. The van der Waals surface area contributed by atoms with E-state index < -0.39 is 17.0 Å². The molecule has 2 unspecified atom stereocenters. The van der Waals surface area contributed by atoms with Crippen LogP contribution in [0.2, 0.25) is 0 Å². The number of aliphatic carboxylic acids is 1. The lowest BCUT2D eigenvalue weighted by atomic mass is 9.90. The maximum Gasteiger partial charge on any atom is 0.332 e. The molecule has 0 aliphatic heterocycles. The molecule has 2 N–H and O–H groups in total. The molecule has 0 bridgehead atoms. The number of allylic oxidation sites excluding steroid dienone is 2. The molecule has 35 heavy (non-hydrogen) atoms. The zero-order valence-electron chi connectivity index (χ0n) is 21.4. The highest BCUT2D eigenvalue weighted by atomic mass is 16.6. The van der Waals surface area contributed by atoms with Gasteiger partial charge in [0.2, 0.25) is 0 Å². The Balaban J connectivity index is 2.22. The van der Waals surface area contributed by atoms with Gasteiger partial charge in [-0.25, -0.2) is 4.79 Å². The summed E-state index contributed by atoms with van der Waals surface area (Å²) in [4.78, 5) is 21.3. The van der Waals surface area contributed by atoms with Gasteiger partial charge >= 0.3 is 5.97 Å². The van der Waals surface area contributed by atoms with E-state index in [1.54, 1.807) is 12.1 Å². The number of nitro benzene ring substituents is 1. The second-order valence-electron chi connectivity index (χ2n) is 9.36. The average molecular weight is 492 g/mol. The zero-order valence-corrected chi connectivity index (χ0v) is 21.4. The number of rotatable bonds is 22. The third kappa shape index (κ3) is 16.0. The number of unbranched alkanes of at least 4 members (excludes halogenated alkanes) is 9. The van der Waals surface area contributed by atoms with E-state index in [0.29, 0.717) is 12.4 Å². The Morgan fingerprint density at radius 2 is 1.51 bits per heavy atom. The fourth-order valence-corrected chi connectivity index (χ4v) is 4.16. The molecular formula is C28H45NO6. The number of carboxylic acids is 1. The summed E-state index contributed by atoms with van der Waals surface area (Å²) in [5.74, 6) is -0.389. The lowest BCUT2D eigenvalue weighted by Gasteiger charge is -2.18. The molecule has 0 aliphatic rings. The Kier molecular flexibility index (Phi) is 17.4.